The van der Waals surface area contributed by atoms with Gasteiger partial charge in [-0.25, -0.2) is 0 Å². The van der Waals surface area contributed by atoms with E-state index in [2.05, 4.69) is 5.32 Å². The summed E-state index contributed by atoms with van der Waals surface area (Å²) in [6, 6.07) is 3.92. The van der Waals surface area contributed by atoms with Crippen molar-refractivity contribution in [3.63, 3.8) is 0 Å². The Morgan fingerprint density at radius 1 is 1.09 bits per heavy atom. The second-order valence-electron chi connectivity index (χ2n) is 5.75. The molecule has 4 nitrogen and oxygen atoms in total. The highest BCUT2D eigenvalue weighted by atomic mass is 19.4. The van der Waals surface area contributed by atoms with E-state index in [-0.39, 0.29) is 5.69 Å². The Kier molecular flexibility index (Phi) is 5.22. The SMILES string of the molecule is CCN(C(=O)C(=O)Nc1ccc(C(F)(F)F)cc1)C(C)(C)C. The van der Waals surface area contributed by atoms with Crippen molar-refractivity contribution in [2.24, 2.45) is 0 Å². The van der Waals surface area contributed by atoms with E-state index >= 15 is 0 Å². The summed E-state index contributed by atoms with van der Waals surface area (Å²) in [6.07, 6.45) is -4.44. The quantitative estimate of drug-likeness (QED) is 0.851. The highest BCUT2D eigenvalue weighted by molar-refractivity contribution is 6.39. The van der Waals surface area contributed by atoms with E-state index in [0.717, 1.165) is 24.3 Å². The van der Waals surface area contributed by atoms with Gasteiger partial charge in [0, 0.05) is 17.8 Å². The molecule has 0 radical (unpaired) electrons. The van der Waals surface area contributed by atoms with Crippen LogP contribution in [0.25, 0.3) is 0 Å². The van der Waals surface area contributed by atoms with Gasteiger partial charge >= 0.3 is 18.0 Å². The maximum Gasteiger partial charge on any atom is 0.416 e. The minimum atomic E-state index is -4.44. The first kappa shape index (κ1) is 18.0. The Balaban J connectivity index is 2.82. The smallest absolute Gasteiger partial charge is 0.330 e. The predicted molar refractivity (Wildman–Crippen MR) is 77.2 cm³/mol. The zero-order valence-electron chi connectivity index (χ0n) is 12.9. The standard InChI is InChI=1S/C15H19F3N2O2/c1-5-20(14(2,3)4)13(22)12(21)19-11-8-6-10(7-9-11)15(16,17)18/h6-9H,5H2,1-4H3,(H,19,21). The average Bonchev–Trinajstić information content (AvgIpc) is 2.37. The summed E-state index contributed by atoms with van der Waals surface area (Å²) in [5.41, 5.74) is -1.21. The van der Waals surface area contributed by atoms with Crippen LogP contribution in [0, 0.1) is 0 Å². The molecule has 122 valence electrons. The fourth-order valence-corrected chi connectivity index (χ4v) is 1.97. The van der Waals surface area contributed by atoms with E-state index in [1.54, 1.807) is 27.7 Å². The third-order valence-electron chi connectivity index (χ3n) is 3.04. The second kappa shape index (κ2) is 6.37. The summed E-state index contributed by atoms with van der Waals surface area (Å²) in [4.78, 5) is 25.4. The highest BCUT2D eigenvalue weighted by Gasteiger charge is 2.31. The van der Waals surface area contributed by atoms with Crippen LogP contribution in [0.5, 0.6) is 0 Å². The molecule has 1 aromatic rings. The van der Waals surface area contributed by atoms with Crippen molar-refractivity contribution in [2.45, 2.75) is 39.4 Å². The molecule has 0 atom stereocenters. The monoisotopic (exact) mass is 316 g/mol. The normalized spacial score (nSPS) is 12.0. The number of alkyl halides is 3. The lowest BCUT2D eigenvalue weighted by molar-refractivity contribution is -0.146. The lowest BCUT2D eigenvalue weighted by Gasteiger charge is -2.34. The van der Waals surface area contributed by atoms with E-state index in [4.69, 9.17) is 0 Å². The Morgan fingerprint density at radius 3 is 1.95 bits per heavy atom. The Labute approximate surface area is 127 Å². The van der Waals surface area contributed by atoms with Crippen LogP contribution < -0.4 is 5.32 Å². The van der Waals surface area contributed by atoms with Gasteiger partial charge in [0.15, 0.2) is 0 Å². The highest BCUT2D eigenvalue weighted by Crippen LogP contribution is 2.29. The van der Waals surface area contributed by atoms with Gasteiger partial charge in [0.2, 0.25) is 0 Å². The molecule has 0 saturated carbocycles. The first-order valence-corrected chi connectivity index (χ1v) is 6.77. The number of nitrogens with zero attached hydrogens (tertiary/aromatic N) is 1. The van der Waals surface area contributed by atoms with Crippen LogP contribution in [0.3, 0.4) is 0 Å². The van der Waals surface area contributed by atoms with Crippen molar-refractivity contribution in [1.29, 1.82) is 0 Å². The topological polar surface area (TPSA) is 49.4 Å². The number of benzene rings is 1. The van der Waals surface area contributed by atoms with Gasteiger partial charge in [-0.15, -0.1) is 0 Å². The number of rotatable bonds is 2. The molecule has 2 amide bonds. The van der Waals surface area contributed by atoms with Crippen molar-refractivity contribution in [2.75, 3.05) is 11.9 Å². The summed E-state index contributed by atoms with van der Waals surface area (Å²) in [5.74, 6) is -1.61. The molecule has 0 fully saturated rings. The summed E-state index contributed by atoms with van der Waals surface area (Å²) in [5, 5.41) is 2.31. The van der Waals surface area contributed by atoms with E-state index in [9.17, 15) is 22.8 Å². The molecule has 0 unspecified atom stereocenters. The molecule has 0 aliphatic heterocycles. The molecule has 0 bridgehead atoms. The molecular formula is C15H19F3N2O2. The molecular weight excluding hydrogens is 297 g/mol. The molecule has 0 heterocycles. The van der Waals surface area contributed by atoms with Crippen LogP contribution in [-0.2, 0) is 15.8 Å². The van der Waals surface area contributed by atoms with Gasteiger partial charge in [-0.3, -0.25) is 9.59 Å². The summed E-state index contributed by atoms with van der Waals surface area (Å²) in [7, 11) is 0. The van der Waals surface area contributed by atoms with Gasteiger partial charge in [0.1, 0.15) is 0 Å². The zero-order valence-corrected chi connectivity index (χ0v) is 12.9. The van der Waals surface area contributed by atoms with Crippen molar-refractivity contribution < 1.29 is 22.8 Å². The maximum absolute atomic E-state index is 12.4. The van der Waals surface area contributed by atoms with E-state index in [1.165, 1.54) is 4.90 Å². The van der Waals surface area contributed by atoms with Gasteiger partial charge in [-0.1, -0.05) is 0 Å². The Hall–Kier alpha value is -2.05. The molecule has 7 heteroatoms. The van der Waals surface area contributed by atoms with Crippen LogP contribution in [0.2, 0.25) is 0 Å². The zero-order chi connectivity index (χ0) is 17.1. The average molecular weight is 316 g/mol. The number of halogens is 3. The van der Waals surface area contributed by atoms with Crippen LogP contribution >= 0.6 is 0 Å². The first-order valence-electron chi connectivity index (χ1n) is 6.77. The lowest BCUT2D eigenvalue weighted by atomic mass is 10.1. The second-order valence-corrected chi connectivity index (χ2v) is 5.75. The molecule has 1 aromatic carbocycles. The van der Waals surface area contributed by atoms with Crippen molar-refractivity contribution >= 4 is 17.5 Å². The molecule has 22 heavy (non-hydrogen) atoms. The molecule has 0 saturated heterocycles. The van der Waals surface area contributed by atoms with E-state index in [1.807, 2.05) is 0 Å². The number of carbonyl (C=O) groups is 2. The predicted octanol–water partition coefficient (Wildman–Crippen LogP) is 3.29. The molecule has 1 N–H and O–H groups in total. The number of hydrogen-bond acceptors (Lipinski definition) is 2. The van der Waals surface area contributed by atoms with E-state index < -0.39 is 29.1 Å². The lowest BCUT2D eigenvalue weighted by Crippen LogP contribution is -2.49. The third-order valence-corrected chi connectivity index (χ3v) is 3.04. The van der Waals surface area contributed by atoms with Crippen LogP contribution in [0.4, 0.5) is 18.9 Å². The summed E-state index contributed by atoms with van der Waals surface area (Å²) >= 11 is 0. The largest absolute Gasteiger partial charge is 0.416 e. The fraction of sp³-hybridized carbons (Fsp3) is 0.467. The van der Waals surface area contributed by atoms with Crippen LogP contribution in [-0.4, -0.2) is 28.8 Å². The minimum absolute atomic E-state index is 0.135. The van der Waals surface area contributed by atoms with Crippen molar-refractivity contribution in [3.8, 4) is 0 Å². The van der Waals surface area contributed by atoms with Crippen LogP contribution in [0.15, 0.2) is 24.3 Å². The summed E-state index contributed by atoms with van der Waals surface area (Å²) in [6.45, 7) is 7.47. The number of amides is 2. The van der Waals surface area contributed by atoms with Gasteiger partial charge < -0.3 is 10.2 Å². The van der Waals surface area contributed by atoms with Crippen molar-refractivity contribution in [1.82, 2.24) is 4.90 Å². The van der Waals surface area contributed by atoms with Gasteiger partial charge in [-0.2, -0.15) is 13.2 Å². The number of carbonyl (C=O) groups excluding carboxylic acids is 2. The molecule has 0 aliphatic rings. The number of likely N-dealkylation sites (N-methyl/N-ethyl adjacent to an activating group) is 1. The first-order chi connectivity index (χ1) is 9.96. The van der Waals surface area contributed by atoms with Crippen molar-refractivity contribution in [3.05, 3.63) is 29.8 Å². The maximum atomic E-state index is 12.4. The van der Waals surface area contributed by atoms with E-state index in [0.29, 0.717) is 6.54 Å². The van der Waals surface area contributed by atoms with Gasteiger partial charge in [0.25, 0.3) is 0 Å². The fourth-order valence-electron chi connectivity index (χ4n) is 1.97. The number of anilines is 1. The molecule has 0 aliphatic carbocycles. The van der Waals surface area contributed by atoms with Crippen LogP contribution in [0.1, 0.15) is 33.3 Å². The molecule has 0 aromatic heterocycles. The Bertz CT molecular complexity index is 545. The number of hydrogen-bond donors (Lipinski definition) is 1. The Morgan fingerprint density at radius 2 is 1.59 bits per heavy atom. The molecule has 0 spiro atoms. The third kappa shape index (κ3) is 4.47. The van der Waals surface area contributed by atoms with Gasteiger partial charge in [0.05, 0.1) is 5.56 Å². The van der Waals surface area contributed by atoms with Gasteiger partial charge in [-0.05, 0) is 52.0 Å². The number of nitrogens with one attached hydrogen (secondary N) is 1. The molecule has 1 rings (SSSR count). The summed E-state index contributed by atoms with van der Waals surface area (Å²) < 4.78 is 37.3. The minimum Gasteiger partial charge on any atom is -0.330 e.